The molecule has 0 aliphatic carbocycles. The maximum absolute atomic E-state index is 13.3. The molecular formula is C16H17BrFNO2. The maximum atomic E-state index is 13.3. The molecule has 0 fully saturated rings. The number of para-hydroxylation sites is 1. The molecule has 0 aromatic heterocycles. The van der Waals surface area contributed by atoms with Crippen LogP contribution < -0.4 is 10.1 Å². The van der Waals surface area contributed by atoms with E-state index < -0.39 is 11.9 Å². The van der Waals surface area contributed by atoms with Gasteiger partial charge in [0.1, 0.15) is 12.7 Å². The first-order valence-corrected chi connectivity index (χ1v) is 7.45. The topological polar surface area (TPSA) is 41.5 Å². The summed E-state index contributed by atoms with van der Waals surface area (Å²) in [7, 11) is 0. The van der Waals surface area contributed by atoms with Crippen molar-refractivity contribution in [3.05, 3.63) is 64.4 Å². The van der Waals surface area contributed by atoms with E-state index in [-0.39, 0.29) is 12.4 Å². The molecule has 0 amide bonds. The lowest BCUT2D eigenvalue weighted by atomic mass is 10.2. The van der Waals surface area contributed by atoms with Gasteiger partial charge in [-0.05, 0) is 23.8 Å². The summed E-state index contributed by atoms with van der Waals surface area (Å²) in [5, 5.41) is 13.0. The van der Waals surface area contributed by atoms with Crippen LogP contribution in [0.3, 0.4) is 0 Å². The summed E-state index contributed by atoms with van der Waals surface area (Å²) >= 11 is 3.46. The van der Waals surface area contributed by atoms with Crippen LogP contribution >= 0.6 is 15.9 Å². The quantitative estimate of drug-likeness (QED) is 0.803. The summed E-state index contributed by atoms with van der Waals surface area (Å²) in [6.45, 7) is 1.05. The number of hydrogen-bond donors (Lipinski definition) is 2. The molecule has 2 rings (SSSR count). The van der Waals surface area contributed by atoms with Gasteiger partial charge in [-0.25, -0.2) is 4.39 Å². The van der Waals surface area contributed by atoms with Crippen LogP contribution in [0.4, 0.5) is 4.39 Å². The number of ether oxygens (including phenoxy) is 1. The van der Waals surface area contributed by atoms with Crippen molar-refractivity contribution < 1.29 is 14.2 Å². The van der Waals surface area contributed by atoms with Gasteiger partial charge in [0.15, 0.2) is 11.6 Å². The minimum atomic E-state index is -0.702. The molecule has 0 heterocycles. The van der Waals surface area contributed by atoms with Gasteiger partial charge in [-0.3, -0.25) is 0 Å². The van der Waals surface area contributed by atoms with E-state index in [4.69, 9.17) is 4.74 Å². The Bertz CT molecular complexity index is 580. The second-order valence-corrected chi connectivity index (χ2v) is 5.47. The first-order chi connectivity index (χ1) is 10.2. The smallest absolute Gasteiger partial charge is 0.165 e. The van der Waals surface area contributed by atoms with Crippen molar-refractivity contribution in [2.75, 3.05) is 13.2 Å². The molecular weight excluding hydrogens is 337 g/mol. The average Bonchev–Trinajstić information content (AvgIpc) is 2.48. The molecule has 21 heavy (non-hydrogen) atoms. The minimum absolute atomic E-state index is 0.0455. The fourth-order valence-electron chi connectivity index (χ4n) is 1.82. The van der Waals surface area contributed by atoms with E-state index in [2.05, 4.69) is 21.2 Å². The zero-order valence-corrected chi connectivity index (χ0v) is 13.0. The van der Waals surface area contributed by atoms with Crippen molar-refractivity contribution in [1.29, 1.82) is 0 Å². The van der Waals surface area contributed by atoms with Gasteiger partial charge in [0.25, 0.3) is 0 Å². The van der Waals surface area contributed by atoms with Gasteiger partial charge in [0.2, 0.25) is 0 Å². The fraction of sp³-hybridized carbons (Fsp3) is 0.250. The standard InChI is InChI=1S/C16H17BrFNO2/c17-14-6-2-1-5-12(14)9-19-10-13(20)11-21-16-8-4-3-7-15(16)18/h1-8,13,19-20H,9-11H2. The van der Waals surface area contributed by atoms with Crippen molar-refractivity contribution in [1.82, 2.24) is 5.32 Å². The van der Waals surface area contributed by atoms with Crippen LogP contribution in [0.25, 0.3) is 0 Å². The molecule has 0 saturated carbocycles. The number of aliphatic hydroxyl groups excluding tert-OH is 1. The highest BCUT2D eigenvalue weighted by Gasteiger charge is 2.08. The van der Waals surface area contributed by atoms with Gasteiger partial charge in [0, 0.05) is 17.6 Å². The monoisotopic (exact) mass is 353 g/mol. The molecule has 2 N–H and O–H groups in total. The molecule has 1 unspecified atom stereocenters. The predicted octanol–water partition coefficient (Wildman–Crippen LogP) is 3.12. The molecule has 3 nitrogen and oxygen atoms in total. The Kier molecular flexibility index (Phi) is 6.17. The van der Waals surface area contributed by atoms with Crippen LogP contribution in [0.5, 0.6) is 5.75 Å². The van der Waals surface area contributed by atoms with Gasteiger partial charge >= 0.3 is 0 Å². The van der Waals surface area contributed by atoms with Gasteiger partial charge in [-0.15, -0.1) is 0 Å². The maximum Gasteiger partial charge on any atom is 0.165 e. The van der Waals surface area contributed by atoms with Crippen LogP contribution in [0.15, 0.2) is 53.0 Å². The van der Waals surface area contributed by atoms with Crippen molar-refractivity contribution in [2.24, 2.45) is 0 Å². The lowest BCUT2D eigenvalue weighted by Crippen LogP contribution is -2.31. The van der Waals surface area contributed by atoms with E-state index in [0.717, 1.165) is 10.0 Å². The van der Waals surface area contributed by atoms with E-state index in [1.165, 1.54) is 12.1 Å². The zero-order chi connectivity index (χ0) is 15.1. The van der Waals surface area contributed by atoms with Gasteiger partial charge in [0.05, 0.1) is 0 Å². The molecule has 0 aliphatic heterocycles. The Labute approximate surface area is 131 Å². The second-order valence-electron chi connectivity index (χ2n) is 4.62. The van der Waals surface area contributed by atoms with E-state index in [0.29, 0.717) is 13.1 Å². The summed E-state index contributed by atoms with van der Waals surface area (Å²) in [6, 6.07) is 14.0. The molecule has 112 valence electrons. The third kappa shape index (κ3) is 5.12. The van der Waals surface area contributed by atoms with Crippen LogP contribution in [0.1, 0.15) is 5.56 Å². The number of hydrogen-bond acceptors (Lipinski definition) is 3. The van der Waals surface area contributed by atoms with Crippen molar-refractivity contribution in [3.63, 3.8) is 0 Å². The summed E-state index contributed by atoms with van der Waals surface area (Å²) < 4.78 is 19.6. The fourth-order valence-corrected chi connectivity index (χ4v) is 2.25. The number of benzene rings is 2. The number of aliphatic hydroxyl groups is 1. The first-order valence-electron chi connectivity index (χ1n) is 6.66. The van der Waals surface area contributed by atoms with Gasteiger partial charge in [-0.1, -0.05) is 46.3 Å². The van der Waals surface area contributed by atoms with E-state index in [9.17, 15) is 9.50 Å². The van der Waals surface area contributed by atoms with E-state index >= 15 is 0 Å². The SMILES string of the molecule is OC(CNCc1ccccc1Br)COc1ccccc1F. The van der Waals surface area contributed by atoms with Crippen LogP contribution in [0, 0.1) is 5.82 Å². The summed E-state index contributed by atoms with van der Waals surface area (Å²) in [5.74, 6) is -0.270. The van der Waals surface area contributed by atoms with Crippen LogP contribution in [0.2, 0.25) is 0 Å². The summed E-state index contributed by atoms with van der Waals surface area (Å²) in [5.41, 5.74) is 1.11. The lowest BCUT2D eigenvalue weighted by Gasteiger charge is -2.14. The molecule has 0 aliphatic rings. The zero-order valence-electron chi connectivity index (χ0n) is 11.4. The highest BCUT2D eigenvalue weighted by molar-refractivity contribution is 9.10. The molecule has 2 aromatic carbocycles. The lowest BCUT2D eigenvalue weighted by molar-refractivity contribution is 0.104. The second kappa shape index (κ2) is 8.12. The normalized spacial score (nSPS) is 12.1. The molecule has 5 heteroatoms. The third-order valence-electron chi connectivity index (χ3n) is 2.92. The Morgan fingerprint density at radius 1 is 1.14 bits per heavy atom. The molecule has 2 aromatic rings. The highest BCUT2D eigenvalue weighted by atomic mass is 79.9. The summed E-state index contributed by atoms with van der Waals surface area (Å²) in [6.07, 6.45) is -0.702. The number of halogens is 2. The van der Waals surface area contributed by atoms with Gasteiger partial charge < -0.3 is 15.2 Å². The Hall–Kier alpha value is -1.43. The van der Waals surface area contributed by atoms with Gasteiger partial charge in [-0.2, -0.15) is 0 Å². The Morgan fingerprint density at radius 3 is 2.62 bits per heavy atom. The Balaban J connectivity index is 1.72. The molecule has 0 bridgehead atoms. The summed E-state index contributed by atoms with van der Waals surface area (Å²) in [4.78, 5) is 0. The predicted molar refractivity (Wildman–Crippen MR) is 83.8 cm³/mol. The number of nitrogens with one attached hydrogen (secondary N) is 1. The molecule has 1 atom stereocenters. The third-order valence-corrected chi connectivity index (χ3v) is 3.69. The molecule has 0 radical (unpaired) electrons. The van der Waals surface area contributed by atoms with Crippen molar-refractivity contribution in [2.45, 2.75) is 12.6 Å². The van der Waals surface area contributed by atoms with Crippen molar-refractivity contribution >= 4 is 15.9 Å². The highest BCUT2D eigenvalue weighted by Crippen LogP contribution is 2.16. The Morgan fingerprint density at radius 2 is 1.86 bits per heavy atom. The van der Waals surface area contributed by atoms with E-state index in [1.54, 1.807) is 12.1 Å². The van der Waals surface area contributed by atoms with Crippen LogP contribution in [-0.4, -0.2) is 24.4 Å². The minimum Gasteiger partial charge on any atom is -0.488 e. The van der Waals surface area contributed by atoms with E-state index in [1.807, 2.05) is 24.3 Å². The largest absolute Gasteiger partial charge is 0.488 e. The molecule has 0 spiro atoms. The molecule has 0 saturated heterocycles. The number of rotatable bonds is 7. The average molecular weight is 354 g/mol. The van der Waals surface area contributed by atoms with Crippen molar-refractivity contribution in [3.8, 4) is 5.75 Å². The first kappa shape index (κ1) is 15.9. The van der Waals surface area contributed by atoms with Crippen LogP contribution in [-0.2, 0) is 6.54 Å².